The van der Waals surface area contributed by atoms with E-state index in [1.165, 1.54) is 6.92 Å². The predicted molar refractivity (Wildman–Crippen MR) is 51.7 cm³/mol. The fraction of sp³-hybridized carbons (Fsp3) is 1.00. The second-order valence-electron chi connectivity index (χ2n) is 4.25. The Balaban J connectivity index is 2.36. The molecule has 4 heteroatoms. The van der Waals surface area contributed by atoms with E-state index in [0.717, 1.165) is 19.8 Å². The van der Waals surface area contributed by atoms with Gasteiger partial charge in [-0.15, -0.1) is 0 Å². The summed E-state index contributed by atoms with van der Waals surface area (Å²) in [5.74, 6) is -2.65. The smallest absolute Gasteiger partial charge is 0.260 e. The molecule has 1 aliphatic rings. The summed E-state index contributed by atoms with van der Waals surface area (Å²) in [6.45, 7) is 5.12. The van der Waals surface area contributed by atoms with E-state index in [-0.39, 0.29) is 12.1 Å². The van der Waals surface area contributed by atoms with E-state index in [0.29, 0.717) is 6.61 Å². The van der Waals surface area contributed by atoms with Crippen molar-refractivity contribution in [3.8, 4) is 0 Å². The average Bonchev–Trinajstić information content (AvgIpc) is 2.02. The first-order chi connectivity index (χ1) is 6.39. The van der Waals surface area contributed by atoms with Crippen LogP contribution in [0.15, 0.2) is 0 Å². The molecule has 1 heterocycles. The van der Waals surface area contributed by atoms with Gasteiger partial charge >= 0.3 is 0 Å². The minimum atomic E-state index is -2.65. The highest BCUT2D eigenvalue weighted by molar-refractivity contribution is 4.82. The molecule has 0 aromatic carbocycles. The second-order valence-corrected chi connectivity index (χ2v) is 4.25. The highest BCUT2D eigenvalue weighted by atomic mass is 19.3. The Morgan fingerprint density at radius 3 is 2.64 bits per heavy atom. The van der Waals surface area contributed by atoms with E-state index in [4.69, 9.17) is 4.74 Å². The molecule has 0 saturated carbocycles. The Morgan fingerprint density at radius 1 is 1.50 bits per heavy atom. The molecule has 84 valence electrons. The summed E-state index contributed by atoms with van der Waals surface area (Å²) < 4.78 is 31.1. The van der Waals surface area contributed by atoms with Crippen LogP contribution in [0.1, 0.15) is 33.6 Å². The summed E-state index contributed by atoms with van der Waals surface area (Å²) in [6, 6.07) is -0.600. The van der Waals surface area contributed by atoms with Crippen molar-refractivity contribution in [3.63, 3.8) is 0 Å². The van der Waals surface area contributed by atoms with Crippen molar-refractivity contribution in [2.24, 2.45) is 0 Å². The van der Waals surface area contributed by atoms with Crippen LogP contribution in [0.5, 0.6) is 0 Å². The van der Waals surface area contributed by atoms with Gasteiger partial charge in [-0.3, -0.25) is 0 Å². The molecule has 1 rings (SSSR count). The molecule has 0 radical (unpaired) electrons. The Bertz CT molecular complexity index is 181. The Labute approximate surface area is 84.0 Å². The van der Waals surface area contributed by atoms with Gasteiger partial charge in [0, 0.05) is 19.6 Å². The molecule has 0 bridgehead atoms. The van der Waals surface area contributed by atoms with Crippen molar-refractivity contribution in [2.45, 2.75) is 57.7 Å². The van der Waals surface area contributed by atoms with Crippen molar-refractivity contribution >= 4 is 0 Å². The third-order valence-corrected chi connectivity index (χ3v) is 2.73. The minimum absolute atomic E-state index is 0.166. The van der Waals surface area contributed by atoms with Crippen molar-refractivity contribution < 1.29 is 13.5 Å². The van der Waals surface area contributed by atoms with Crippen molar-refractivity contribution in [2.75, 3.05) is 6.61 Å². The first kappa shape index (κ1) is 11.9. The van der Waals surface area contributed by atoms with Gasteiger partial charge in [0.15, 0.2) is 0 Å². The lowest BCUT2D eigenvalue weighted by Gasteiger charge is -2.32. The van der Waals surface area contributed by atoms with Crippen LogP contribution < -0.4 is 5.32 Å². The van der Waals surface area contributed by atoms with E-state index in [2.05, 4.69) is 5.32 Å². The van der Waals surface area contributed by atoms with E-state index in [1.807, 2.05) is 6.92 Å². The normalized spacial score (nSPS) is 31.5. The quantitative estimate of drug-likeness (QED) is 0.766. The summed E-state index contributed by atoms with van der Waals surface area (Å²) >= 11 is 0. The van der Waals surface area contributed by atoms with Crippen molar-refractivity contribution in [3.05, 3.63) is 0 Å². The molecule has 3 atom stereocenters. The molecule has 3 unspecified atom stereocenters. The van der Waals surface area contributed by atoms with Crippen LogP contribution in [-0.4, -0.2) is 30.7 Å². The lowest BCUT2D eigenvalue weighted by molar-refractivity contribution is -0.0320. The van der Waals surface area contributed by atoms with Crippen molar-refractivity contribution in [1.29, 1.82) is 0 Å². The SMILES string of the molecule is CC1CC(NC(C)C(C)(F)F)CCO1. The largest absolute Gasteiger partial charge is 0.378 e. The topological polar surface area (TPSA) is 21.3 Å². The maximum absolute atomic E-state index is 12.9. The fourth-order valence-corrected chi connectivity index (χ4v) is 1.65. The maximum Gasteiger partial charge on any atom is 0.260 e. The summed E-state index contributed by atoms with van der Waals surface area (Å²) in [5.41, 5.74) is 0. The van der Waals surface area contributed by atoms with Gasteiger partial charge in [0.05, 0.1) is 12.1 Å². The molecule has 1 saturated heterocycles. The highest BCUT2D eigenvalue weighted by Crippen LogP contribution is 2.20. The zero-order valence-corrected chi connectivity index (χ0v) is 9.02. The third-order valence-electron chi connectivity index (χ3n) is 2.73. The van der Waals surface area contributed by atoms with Gasteiger partial charge < -0.3 is 10.1 Å². The van der Waals surface area contributed by atoms with E-state index in [1.54, 1.807) is 0 Å². The van der Waals surface area contributed by atoms with E-state index in [9.17, 15) is 8.78 Å². The van der Waals surface area contributed by atoms with Crippen LogP contribution in [0.25, 0.3) is 0 Å². The van der Waals surface area contributed by atoms with Gasteiger partial charge in [0.1, 0.15) is 0 Å². The lowest BCUT2D eigenvalue weighted by atomic mass is 10.0. The zero-order chi connectivity index (χ0) is 10.8. The van der Waals surface area contributed by atoms with E-state index >= 15 is 0 Å². The first-order valence-electron chi connectivity index (χ1n) is 5.15. The molecular weight excluding hydrogens is 188 g/mol. The van der Waals surface area contributed by atoms with Gasteiger partial charge in [-0.25, -0.2) is 8.78 Å². The summed E-state index contributed by atoms with van der Waals surface area (Å²) in [5, 5.41) is 2.96. The van der Waals surface area contributed by atoms with Gasteiger partial charge in [-0.1, -0.05) is 0 Å². The molecule has 2 nitrogen and oxygen atoms in total. The van der Waals surface area contributed by atoms with Crippen LogP contribution in [0.4, 0.5) is 8.78 Å². The molecule has 0 aromatic rings. The van der Waals surface area contributed by atoms with Gasteiger partial charge in [-0.05, 0) is 26.7 Å². The predicted octanol–water partition coefficient (Wildman–Crippen LogP) is 2.19. The van der Waals surface area contributed by atoms with Gasteiger partial charge in [0.2, 0.25) is 0 Å². The van der Waals surface area contributed by atoms with Gasteiger partial charge in [0.25, 0.3) is 5.92 Å². The number of rotatable bonds is 3. The zero-order valence-electron chi connectivity index (χ0n) is 9.02. The Kier molecular flexibility index (Phi) is 3.84. The molecule has 0 aliphatic carbocycles. The number of nitrogens with one attached hydrogen (secondary N) is 1. The molecule has 0 spiro atoms. The highest BCUT2D eigenvalue weighted by Gasteiger charge is 2.32. The number of hydrogen-bond acceptors (Lipinski definition) is 2. The minimum Gasteiger partial charge on any atom is -0.378 e. The van der Waals surface area contributed by atoms with Crippen LogP contribution in [0.2, 0.25) is 0 Å². The summed E-state index contributed by atoms with van der Waals surface area (Å²) in [7, 11) is 0. The number of halogens is 2. The van der Waals surface area contributed by atoms with E-state index < -0.39 is 12.0 Å². The molecular formula is C10H19F2NO. The average molecular weight is 207 g/mol. The standard InChI is InChI=1S/C10H19F2NO/c1-7-6-9(4-5-14-7)13-8(2)10(3,11)12/h7-9,13H,4-6H2,1-3H3. The Morgan fingerprint density at radius 2 is 2.14 bits per heavy atom. The molecule has 1 N–H and O–H groups in total. The second kappa shape index (κ2) is 4.53. The molecule has 1 fully saturated rings. The molecule has 14 heavy (non-hydrogen) atoms. The van der Waals surface area contributed by atoms with Gasteiger partial charge in [-0.2, -0.15) is 0 Å². The van der Waals surface area contributed by atoms with Crippen LogP contribution in [-0.2, 0) is 4.74 Å². The monoisotopic (exact) mass is 207 g/mol. The summed E-state index contributed by atoms with van der Waals surface area (Å²) in [6.07, 6.45) is 1.82. The van der Waals surface area contributed by atoms with Crippen LogP contribution in [0.3, 0.4) is 0 Å². The molecule has 0 aromatic heterocycles. The first-order valence-corrected chi connectivity index (χ1v) is 5.15. The summed E-state index contributed by atoms with van der Waals surface area (Å²) in [4.78, 5) is 0. The third kappa shape index (κ3) is 3.50. The van der Waals surface area contributed by atoms with Crippen LogP contribution >= 0.6 is 0 Å². The lowest BCUT2D eigenvalue weighted by Crippen LogP contribution is -2.48. The number of alkyl halides is 2. The molecule has 0 amide bonds. The number of ether oxygens (including phenoxy) is 1. The number of hydrogen-bond donors (Lipinski definition) is 1. The van der Waals surface area contributed by atoms with Crippen LogP contribution in [0, 0.1) is 0 Å². The maximum atomic E-state index is 12.9. The Hall–Kier alpha value is -0.220. The van der Waals surface area contributed by atoms with Crippen molar-refractivity contribution in [1.82, 2.24) is 5.32 Å². The fourth-order valence-electron chi connectivity index (χ4n) is 1.65. The molecule has 1 aliphatic heterocycles.